The largest absolute Gasteiger partial charge is 0.330 e. The summed E-state index contributed by atoms with van der Waals surface area (Å²) in [5.74, 6) is 0.107. The molecular weight excluding hydrogens is 400 g/mol. The van der Waals surface area contributed by atoms with E-state index in [2.05, 4.69) is 34.9 Å². The van der Waals surface area contributed by atoms with Gasteiger partial charge in [-0.05, 0) is 87.0 Å². The van der Waals surface area contributed by atoms with Crippen LogP contribution in [0.2, 0.25) is 0 Å². The van der Waals surface area contributed by atoms with Crippen LogP contribution in [0, 0.1) is 0 Å². The van der Waals surface area contributed by atoms with Crippen molar-refractivity contribution in [2.45, 2.75) is 64.2 Å². The van der Waals surface area contributed by atoms with Gasteiger partial charge in [-0.1, -0.05) is 37.1 Å². The number of nitrogens with two attached hydrogens (primary N) is 2. The second-order valence-corrected chi connectivity index (χ2v) is 8.19. The average Bonchev–Trinajstić information content (AvgIpc) is 2.80. The summed E-state index contributed by atoms with van der Waals surface area (Å²) in [4.78, 5) is 23.9. The number of aryl methyl sites for hydroxylation is 2. The van der Waals surface area contributed by atoms with Crippen LogP contribution in [0.3, 0.4) is 0 Å². The first kappa shape index (κ1) is 25.6. The van der Waals surface area contributed by atoms with Gasteiger partial charge in [-0.3, -0.25) is 9.59 Å². The van der Waals surface area contributed by atoms with Crippen molar-refractivity contribution in [1.82, 2.24) is 0 Å². The Hall–Kier alpha value is -2.70. The number of hydrogen-bond donors (Lipinski definition) is 4. The molecule has 0 aliphatic heterocycles. The summed E-state index contributed by atoms with van der Waals surface area (Å²) in [6.45, 7) is 1.36. The molecule has 0 fully saturated rings. The zero-order valence-corrected chi connectivity index (χ0v) is 19.1. The summed E-state index contributed by atoms with van der Waals surface area (Å²) >= 11 is 0. The van der Waals surface area contributed by atoms with Gasteiger partial charge in [0.25, 0.3) is 0 Å². The number of rotatable bonds is 15. The topological polar surface area (TPSA) is 110 Å². The molecule has 0 unspecified atom stereocenters. The van der Waals surface area contributed by atoms with Crippen LogP contribution in [0.15, 0.2) is 48.5 Å². The van der Waals surface area contributed by atoms with E-state index in [4.69, 9.17) is 11.5 Å². The molecule has 0 saturated heterocycles. The molecular formula is C26H38N4O2. The third-order valence-corrected chi connectivity index (χ3v) is 5.39. The summed E-state index contributed by atoms with van der Waals surface area (Å²) < 4.78 is 0. The van der Waals surface area contributed by atoms with Crippen LogP contribution in [0.1, 0.15) is 62.5 Å². The van der Waals surface area contributed by atoms with Crippen LogP contribution in [-0.4, -0.2) is 24.9 Å². The SMILES string of the molecule is NCCCCCC(=O)Nc1ccc(CCc2ccc(NC(=O)CCCCCN)cc2)cc1. The van der Waals surface area contributed by atoms with Gasteiger partial charge in [0.15, 0.2) is 0 Å². The molecule has 174 valence electrons. The molecule has 6 nitrogen and oxygen atoms in total. The summed E-state index contributed by atoms with van der Waals surface area (Å²) in [5, 5.41) is 5.90. The lowest BCUT2D eigenvalue weighted by atomic mass is 10.0. The third kappa shape index (κ3) is 10.6. The molecule has 0 bridgehead atoms. The Labute approximate surface area is 192 Å². The van der Waals surface area contributed by atoms with Crippen LogP contribution >= 0.6 is 0 Å². The number of carbonyl (C=O) groups excluding carboxylic acids is 2. The highest BCUT2D eigenvalue weighted by Gasteiger charge is 2.04. The Morgan fingerprint density at radius 1 is 0.562 bits per heavy atom. The van der Waals surface area contributed by atoms with Gasteiger partial charge in [0.05, 0.1) is 0 Å². The fourth-order valence-corrected chi connectivity index (χ4v) is 3.46. The maximum Gasteiger partial charge on any atom is 0.224 e. The zero-order chi connectivity index (χ0) is 23.0. The highest BCUT2D eigenvalue weighted by molar-refractivity contribution is 5.91. The molecule has 0 aliphatic rings. The highest BCUT2D eigenvalue weighted by Crippen LogP contribution is 2.15. The van der Waals surface area contributed by atoms with E-state index in [9.17, 15) is 9.59 Å². The smallest absolute Gasteiger partial charge is 0.224 e. The maximum absolute atomic E-state index is 12.0. The van der Waals surface area contributed by atoms with E-state index in [-0.39, 0.29) is 11.8 Å². The molecule has 0 heterocycles. The van der Waals surface area contributed by atoms with Crippen LogP contribution in [0.4, 0.5) is 11.4 Å². The van der Waals surface area contributed by atoms with Crippen molar-refractivity contribution in [2.75, 3.05) is 23.7 Å². The van der Waals surface area contributed by atoms with Gasteiger partial charge in [0, 0.05) is 24.2 Å². The maximum atomic E-state index is 12.0. The standard InChI is InChI=1S/C26H38N4O2/c27-19-5-1-3-7-25(31)29-23-15-11-21(12-16-23)9-10-22-13-17-24(18-14-22)30-26(32)8-4-2-6-20-28/h11-18H,1-10,19-20,27-28H2,(H,29,31)(H,30,32). The fourth-order valence-electron chi connectivity index (χ4n) is 3.46. The van der Waals surface area contributed by atoms with E-state index in [0.717, 1.165) is 62.7 Å². The number of hydrogen-bond acceptors (Lipinski definition) is 4. The highest BCUT2D eigenvalue weighted by atomic mass is 16.2. The molecule has 0 radical (unpaired) electrons. The molecule has 2 aromatic rings. The molecule has 0 saturated carbocycles. The van der Waals surface area contributed by atoms with Gasteiger partial charge < -0.3 is 22.1 Å². The Kier molecular flexibility index (Phi) is 12.1. The lowest BCUT2D eigenvalue weighted by Crippen LogP contribution is -2.11. The number of anilines is 2. The monoisotopic (exact) mass is 438 g/mol. The number of amides is 2. The minimum Gasteiger partial charge on any atom is -0.330 e. The van der Waals surface area contributed by atoms with Crippen molar-refractivity contribution in [2.24, 2.45) is 11.5 Å². The van der Waals surface area contributed by atoms with Crippen molar-refractivity contribution < 1.29 is 9.59 Å². The van der Waals surface area contributed by atoms with Crippen molar-refractivity contribution >= 4 is 23.2 Å². The summed E-state index contributed by atoms with van der Waals surface area (Å²) in [6.07, 6.45) is 8.57. The molecule has 0 atom stereocenters. The first-order valence-electron chi connectivity index (χ1n) is 11.8. The van der Waals surface area contributed by atoms with Crippen molar-refractivity contribution in [1.29, 1.82) is 0 Å². The lowest BCUT2D eigenvalue weighted by Gasteiger charge is -2.08. The summed E-state index contributed by atoms with van der Waals surface area (Å²) in [6, 6.07) is 16.1. The first-order chi connectivity index (χ1) is 15.6. The molecule has 0 aliphatic carbocycles. The molecule has 2 rings (SSSR count). The number of unbranched alkanes of at least 4 members (excludes halogenated alkanes) is 4. The van der Waals surface area contributed by atoms with Crippen LogP contribution in [0.5, 0.6) is 0 Å². The molecule has 2 aromatic carbocycles. The number of nitrogens with one attached hydrogen (secondary N) is 2. The van der Waals surface area contributed by atoms with Gasteiger partial charge in [0.2, 0.25) is 11.8 Å². The van der Waals surface area contributed by atoms with E-state index in [1.165, 1.54) is 11.1 Å². The van der Waals surface area contributed by atoms with Gasteiger partial charge in [-0.25, -0.2) is 0 Å². The van der Waals surface area contributed by atoms with E-state index in [1.54, 1.807) is 0 Å². The molecule has 2 amide bonds. The fraction of sp³-hybridized carbons (Fsp3) is 0.462. The van der Waals surface area contributed by atoms with Gasteiger partial charge in [-0.2, -0.15) is 0 Å². The van der Waals surface area contributed by atoms with Gasteiger partial charge in [-0.15, -0.1) is 0 Å². The molecule has 0 aromatic heterocycles. The Balaban J connectivity index is 1.70. The van der Waals surface area contributed by atoms with Crippen molar-refractivity contribution in [3.05, 3.63) is 59.7 Å². The summed E-state index contributed by atoms with van der Waals surface area (Å²) in [7, 11) is 0. The van der Waals surface area contributed by atoms with E-state index in [0.29, 0.717) is 25.9 Å². The minimum atomic E-state index is 0.0533. The van der Waals surface area contributed by atoms with E-state index < -0.39 is 0 Å². The molecule has 0 spiro atoms. The Bertz CT molecular complexity index is 734. The molecule has 6 N–H and O–H groups in total. The zero-order valence-electron chi connectivity index (χ0n) is 19.1. The number of carbonyl (C=O) groups is 2. The summed E-state index contributed by atoms with van der Waals surface area (Å²) in [5.41, 5.74) is 15.1. The third-order valence-electron chi connectivity index (χ3n) is 5.39. The average molecular weight is 439 g/mol. The van der Waals surface area contributed by atoms with Gasteiger partial charge >= 0.3 is 0 Å². The lowest BCUT2D eigenvalue weighted by molar-refractivity contribution is -0.117. The quantitative estimate of drug-likeness (QED) is 0.309. The second-order valence-electron chi connectivity index (χ2n) is 8.19. The van der Waals surface area contributed by atoms with Crippen LogP contribution in [0.25, 0.3) is 0 Å². The predicted octanol–water partition coefficient (Wildman–Crippen LogP) is 4.39. The van der Waals surface area contributed by atoms with Gasteiger partial charge in [0.1, 0.15) is 0 Å². The van der Waals surface area contributed by atoms with Crippen molar-refractivity contribution in [3.8, 4) is 0 Å². The Morgan fingerprint density at radius 2 is 0.938 bits per heavy atom. The van der Waals surface area contributed by atoms with E-state index in [1.807, 2.05) is 24.3 Å². The molecule has 32 heavy (non-hydrogen) atoms. The van der Waals surface area contributed by atoms with Crippen molar-refractivity contribution in [3.63, 3.8) is 0 Å². The molecule has 6 heteroatoms. The number of benzene rings is 2. The Morgan fingerprint density at radius 3 is 1.28 bits per heavy atom. The second kappa shape index (κ2) is 15.2. The van der Waals surface area contributed by atoms with Crippen LogP contribution < -0.4 is 22.1 Å². The minimum absolute atomic E-state index is 0.0533. The predicted molar refractivity (Wildman–Crippen MR) is 133 cm³/mol. The van der Waals surface area contributed by atoms with Crippen LogP contribution in [-0.2, 0) is 22.4 Å². The first-order valence-corrected chi connectivity index (χ1v) is 11.8. The normalized spacial score (nSPS) is 10.7. The van der Waals surface area contributed by atoms with E-state index >= 15 is 0 Å².